The lowest BCUT2D eigenvalue weighted by Crippen LogP contribution is -2.16. The van der Waals surface area contributed by atoms with E-state index in [1.54, 1.807) is 6.07 Å². The highest BCUT2D eigenvalue weighted by atomic mass is 35.5. The van der Waals surface area contributed by atoms with Crippen molar-refractivity contribution in [3.05, 3.63) is 52.9 Å². The average Bonchev–Trinajstić information content (AvgIpc) is 2.85. The molecule has 0 aliphatic heterocycles. The number of benzene rings is 1. The lowest BCUT2D eigenvalue weighted by atomic mass is 10.0. The van der Waals surface area contributed by atoms with Crippen molar-refractivity contribution >= 4 is 11.6 Å². The highest BCUT2D eigenvalue weighted by Gasteiger charge is 2.15. The van der Waals surface area contributed by atoms with Gasteiger partial charge in [0.15, 0.2) is 5.22 Å². The van der Waals surface area contributed by atoms with Gasteiger partial charge in [-0.3, -0.25) is 0 Å². The maximum Gasteiger partial charge on any atom is 0.193 e. The molecule has 0 bridgehead atoms. The smallest absolute Gasteiger partial charge is 0.193 e. The minimum atomic E-state index is -0.00674. The molecule has 4 heteroatoms. The zero-order valence-corrected chi connectivity index (χ0v) is 11.9. The van der Waals surface area contributed by atoms with Crippen molar-refractivity contribution in [2.24, 2.45) is 0 Å². The van der Waals surface area contributed by atoms with E-state index in [9.17, 15) is 0 Å². The maximum absolute atomic E-state index is 5.82. The molecular weight excluding hydrogens is 262 g/mol. The van der Waals surface area contributed by atoms with Gasteiger partial charge >= 0.3 is 0 Å². The van der Waals surface area contributed by atoms with E-state index >= 15 is 0 Å². The zero-order valence-electron chi connectivity index (χ0n) is 11.2. The van der Waals surface area contributed by atoms with Gasteiger partial charge in [0.25, 0.3) is 0 Å². The first-order chi connectivity index (χ1) is 9.24. The van der Waals surface area contributed by atoms with Crippen LogP contribution >= 0.6 is 11.6 Å². The SMILES string of the molecule is CCCOc1ccc(C(NC)c2ccc(Cl)o2)cc1. The predicted octanol–water partition coefficient (Wildman–Crippen LogP) is 4.03. The second kappa shape index (κ2) is 6.64. The van der Waals surface area contributed by atoms with Gasteiger partial charge in [0.2, 0.25) is 0 Å². The molecule has 19 heavy (non-hydrogen) atoms. The number of hydrogen-bond donors (Lipinski definition) is 1. The van der Waals surface area contributed by atoms with Gasteiger partial charge in [0, 0.05) is 0 Å². The number of nitrogens with one attached hydrogen (secondary N) is 1. The number of furan rings is 1. The van der Waals surface area contributed by atoms with Crippen molar-refractivity contribution in [1.29, 1.82) is 0 Å². The second-order valence-electron chi connectivity index (χ2n) is 4.28. The summed E-state index contributed by atoms with van der Waals surface area (Å²) in [6.07, 6.45) is 1.01. The first-order valence-electron chi connectivity index (χ1n) is 6.40. The fourth-order valence-corrected chi connectivity index (χ4v) is 2.09. The lowest BCUT2D eigenvalue weighted by Gasteiger charge is -2.14. The van der Waals surface area contributed by atoms with Crippen LogP contribution in [0.25, 0.3) is 0 Å². The molecule has 0 aliphatic rings. The highest BCUT2D eigenvalue weighted by molar-refractivity contribution is 6.28. The Labute approximate surface area is 118 Å². The van der Waals surface area contributed by atoms with Crippen LogP contribution < -0.4 is 10.1 Å². The van der Waals surface area contributed by atoms with Crippen molar-refractivity contribution < 1.29 is 9.15 Å². The summed E-state index contributed by atoms with van der Waals surface area (Å²) in [7, 11) is 1.89. The third-order valence-electron chi connectivity index (χ3n) is 2.85. The Morgan fingerprint density at radius 3 is 2.47 bits per heavy atom. The fraction of sp³-hybridized carbons (Fsp3) is 0.333. The predicted molar refractivity (Wildman–Crippen MR) is 76.8 cm³/mol. The lowest BCUT2D eigenvalue weighted by molar-refractivity contribution is 0.317. The molecule has 1 aromatic carbocycles. The van der Waals surface area contributed by atoms with Gasteiger partial charge < -0.3 is 14.5 Å². The molecule has 2 aromatic rings. The molecule has 1 unspecified atom stereocenters. The fourth-order valence-electron chi connectivity index (χ4n) is 1.93. The molecule has 3 nitrogen and oxygen atoms in total. The van der Waals surface area contributed by atoms with E-state index in [4.69, 9.17) is 20.8 Å². The topological polar surface area (TPSA) is 34.4 Å². The molecule has 1 aromatic heterocycles. The first-order valence-corrected chi connectivity index (χ1v) is 6.77. The van der Waals surface area contributed by atoms with Crippen LogP contribution in [0, 0.1) is 0 Å². The summed E-state index contributed by atoms with van der Waals surface area (Å²) in [5.74, 6) is 1.69. The van der Waals surface area contributed by atoms with E-state index in [0.29, 0.717) is 5.22 Å². The molecule has 0 saturated heterocycles. The Kier molecular flexibility index (Phi) is 4.88. The van der Waals surface area contributed by atoms with Crippen LogP contribution in [-0.2, 0) is 0 Å². The van der Waals surface area contributed by atoms with Gasteiger partial charge in [-0.15, -0.1) is 0 Å². The first kappa shape index (κ1) is 14.0. The molecule has 0 amide bonds. The van der Waals surface area contributed by atoms with Crippen molar-refractivity contribution in [1.82, 2.24) is 5.32 Å². The van der Waals surface area contributed by atoms with Gasteiger partial charge in [-0.05, 0) is 54.9 Å². The molecule has 0 saturated carbocycles. The summed E-state index contributed by atoms with van der Waals surface area (Å²) >= 11 is 5.82. The standard InChI is InChI=1S/C15H18ClNO2/c1-3-10-18-12-6-4-11(5-7-12)15(17-2)13-8-9-14(16)19-13/h4-9,15,17H,3,10H2,1-2H3. The Morgan fingerprint density at radius 1 is 1.21 bits per heavy atom. The van der Waals surface area contributed by atoms with Gasteiger partial charge in [-0.25, -0.2) is 0 Å². The maximum atomic E-state index is 5.82. The summed E-state index contributed by atoms with van der Waals surface area (Å²) < 4.78 is 11.0. The number of rotatable bonds is 6. The normalized spacial score (nSPS) is 12.4. The molecule has 102 valence electrons. The highest BCUT2D eigenvalue weighted by Crippen LogP contribution is 2.26. The minimum absolute atomic E-state index is 0.00674. The van der Waals surface area contributed by atoms with Crippen LogP contribution in [-0.4, -0.2) is 13.7 Å². The molecular formula is C15H18ClNO2. The van der Waals surface area contributed by atoms with E-state index in [1.165, 1.54) is 0 Å². The number of ether oxygens (including phenoxy) is 1. The van der Waals surface area contributed by atoms with E-state index < -0.39 is 0 Å². The Morgan fingerprint density at radius 2 is 1.95 bits per heavy atom. The molecule has 2 rings (SSSR count). The molecule has 1 N–H and O–H groups in total. The van der Waals surface area contributed by atoms with E-state index in [1.807, 2.05) is 37.4 Å². The summed E-state index contributed by atoms with van der Waals surface area (Å²) in [5.41, 5.74) is 1.11. The van der Waals surface area contributed by atoms with Crippen LogP contribution in [0.15, 0.2) is 40.8 Å². The minimum Gasteiger partial charge on any atom is -0.494 e. The van der Waals surface area contributed by atoms with Crippen molar-refractivity contribution in [3.8, 4) is 5.75 Å². The molecule has 1 heterocycles. The van der Waals surface area contributed by atoms with Crippen molar-refractivity contribution in [2.75, 3.05) is 13.7 Å². The zero-order chi connectivity index (χ0) is 13.7. The van der Waals surface area contributed by atoms with E-state index in [-0.39, 0.29) is 6.04 Å². The van der Waals surface area contributed by atoms with Crippen LogP contribution in [0.3, 0.4) is 0 Å². The molecule has 1 atom stereocenters. The Hall–Kier alpha value is -1.45. The molecule has 0 fully saturated rings. The summed E-state index contributed by atoms with van der Waals surface area (Å²) in [4.78, 5) is 0. The van der Waals surface area contributed by atoms with E-state index in [2.05, 4.69) is 12.2 Å². The average molecular weight is 280 g/mol. The van der Waals surface area contributed by atoms with Crippen molar-refractivity contribution in [2.45, 2.75) is 19.4 Å². The summed E-state index contributed by atoms with van der Waals surface area (Å²) in [6.45, 7) is 2.83. The van der Waals surface area contributed by atoms with Crippen LogP contribution in [0.2, 0.25) is 5.22 Å². The quantitative estimate of drug-likeness (QED) is 0.867. The van der Waals surface area contributed by atoms with Crippen LogP contribution in [0.1, 0.15) is 30.7 Å². The molecule has 0 spiro atoms. The van der Waals surface area contributed by atoms with Gasteiger partial charge in [-0.1, -0.05) is 19.1 Å². The molecule has 0 aliphatic carbocycles. The Balaban J connectivity index is 2.15. The van der Waals surface area contributed by atoms with Crippen LogP contribution in [0.5, 0.6) is 5.75 Å². The number of halogens is 1. The second-order valence-corrected chi connectivity index (χ2v) is 4.65. The van der Waals surface area contributed by atoms with Crippen LogP contribution in [0.4, 0.5) is 0 Å². The monoisotopic (exact) mass is 279 g/mol. The molecule has 0 radical (unpaired) electrons. The van der Waals surface area contributed by atoms with Gasteiger partial charge in [0.05, 0.1) is 12.6 Å². The van der Waals surface area contributed by atoms with Gasteiger partial charge in [-0.2, -0.15) is 0 Å². The summed E-state index contributed by atoms with van der Waals surface area (Å²) in [6, 6.07) is 11.6. The Bertz CT molecular complexity index is 507. The van der Waals surface area contributed by atoms with Crippen molar-refractivity contribution in [3.63, 3.8) is 0 Å². The number of hydrogen-bond acceptors (Lipinski definition) is 3. The largest absolute Gasteiger partial charge is 0.494 e. The third-order valence-corrected chi connectivity index (χ3v) is 3.06. The third kappa shape index (κ3) is 3.52. The van der Waals surface area contributed by atoms with Gasteiger partial charge in [0.1, 0.15) is 11.5 Å². The summed E-state index contributed by atoms with van der Waals surface area (Å²) in [5, 5.41) is 3.62. The van der Waals surface area contributed by atoms with E-state index in [0.717, 1.165) is 30.1 Å².